The zero-order chi connectivity index (χ0) is 28.0. The van der Waals surface area contributed by atoms with E-state index in [4.69, 9.17) is 9.47 Å². The van der Waals surface area contributed by atoms with E-state index < -0.39 is 35.7 Å². The van der Waals surface area contributed by atoms with Gasteiger partial charge in [-0.25, -0.2) is 4.79 Å². The van der Waals surface area contributed by atoms with Gasteiger partial charge in [0.2, 0.25) is 11.8 Å². The van der Waals surface area contributed by atoms with E-state index >= 15 is 0 Å². The first-order valence-corrected chi connectivity index (χ1v) is 13.2. The van der Waals surface area contributed by atoms with Crippen molar-refractivity contribution in [2.24, 2.45) is 5.92 Å². The number of ether oxygens (including phenoxy) is 2. The first kappa shape index (κ1) is 31.9. The fourth-order valence-electron chi connectivity index (χ4n) is 3.75. The third-order valence-electron chi connectivity index (χ3n) is 5.50. The Hall–Kier alpha value is -3.10. The highest BCUT2D eigenvalue weighted by Gasteiger charge is 2.37. The van der Waals surface area contributed by atoms with Gasteiger partial charge in [0.1, 0.15) is 17.7 Å². The van der Waals surface area contributed by atoms with Gasteiger partial charge in [-0.2, -0.15) is 0 Å². The van der Waals surface area contributed by atoms with Crippen LogP contribution in [-0.2, 0) is 23.9 Å². The highest BCUT2D eigenvalue weighted by atomic mass is 16.6. The summed E-state index contributed by atoms with van der Waals surface area (Å²) in [5, 5.41) is 5.51. The maximum Gasteiger partial charge on any atom is 0.408 e. The van der Waals surface area contributed by atoms with E-state index in [0.29, 0.717) is 18.5 Å². The molecule has 0 aliphatic heterocycles. The molecule has 37 heavy (non-hydrogen) atoms. The molecule has 0 saturated carbocycles. The van der Waals surface area contributed by atoms with Gasteiger partial charge in [0.15, 0.2) is 0 Å². The molecule has 0 fully saturated rings. The highest BCUT2D eigenvalue weighted by molar-refractivity contribution is 5.92. The molecule has 0 aromatic heterocycles. The predicted molar refractivity (Wildman–Crippen MR) is 143 cm³/mol. The van der Waals surface area contributed by atoms with Crippen molar-refractivity contribution in [3.05, 3.63) is 35.9 Å². The zero-order valence-electron chi connectivity index (χ0n) is 23.5. The van der Waals surface area contributed by atoms with Crippen molar-refractivity contribution in [3.8, 4) is 0 Å². The second-order valence-corrected chi connectivity index (χ2v) is 10.3. The van der Waals surface area contributed by atoms with Crippen LogP contribution in [-0.4, -0.2) is 60.1 Å². The Labute approximate surface area is 221 Å². The predicted octanol–water partition coefficient (Wildman–Crippen LogP) is 4.37. The number of rotatable bonds is 14. The Morgan fingerprint density at radius 1 is 1.00 bits per heavy atom. The summed E-state index contributed by atoms with van der Waals surface area (Å²) in [6.07, 6.45) is 1.84. The third kappa shape index (κ3) is 11.7. The fourth-order valence-corrected chi connectivity index (χ4v) is 3.75. The molecule has 0 radical (unpaired) electrons. The molecule has 2 N–H and O–H groups in total. The van der Waals surface area contributed by atoms with Gasteiger partial charge in [0.25, 0.3) is 0 Å². The Kier molecular flexibility index (Phi) is 13.7. The van der Waals surface area contributed by atoms with Crippen LogP contribution >= 0.6 is 0 Å². The van der Waals surface area contributed by atoms with Crippen LogP contribution in [0, 0.1) is 5.92 Å². The van der Waals surface area contributed by atoms with E-state index in [2.05, 4.69) is 17.6 Å². The van der Waals surface area contributed by atoms with Crippen molar-refractivity contribution >= 4 is 23.9 Å². The second-order valence-electron chi connectivity index (χ2n) is 10.3. The van der Waals surface area contributed by atoms with E-state index in [1.54, 1.807) is 39.8 Å². The third-order valence-corrected chi connectivity index (χ3v) is 5.50. The number of nitrogens with one attached hydrogen (secondary N) is 2. The normalized spacial score (nSPS) is 12.9. The number of esters is 1. The van der Waals surface area contributed by atoms with Crippen LogP contribution in [0.1, 0.15) is 85.8 Å². The van der Waals surface area contributed by atoms with Gasteiger partial charge in [-0.05, 0) is 45.6 Å². The minimum atomic E-state index is -0.936. The highest BCUT2D eigenvalue weighted by Crippen LogP contribution is 2.24. The van der Waals surface area contributed by atoms with Crippen molar-refractivity contribution in [1.82, 2.24) is 15.5 Å². The summed E-state index contributed by atoms with van der Waals surface area (Å²) in [5.74, 6) is -1.43. The van der Waals surface area contributed by atoms with Crippen molar-refractivity contribution in [2.75, 3.05) is 19.7 Å². The average Bonchev–Trinajstić information content (AvgIpc) is 2.81. The molecule has 208 valence electrons. The summed E-state index contributed by atoms with van der Waals surface area (Å²) in [6, 6.07) is 7.21. The molecule has 2 unspecified atom stereocenters. The number of amides is 3. The lowest BCUT2D eigenvalue weighted by atomic mass is 9.98. The lowest BCUT2D eigenvalue weighted by molar-refractivity contribution is -0.144. The SMILES string of the molecule is CCCCCN(C(=O)C(NC(=O)OC(C)(C)C)C(C)C)C(C(=O)NCCC(=O)OCC)c1ccccc1. The van der Waals surface area contributed by atoms with Gasteiger partial charge in [-0.1, -0.05) is 63.9 Å². The van der Waals surface area contributed by atoms with E-state index in [0.717, 1.165) is 12.8 Å². The number of carbonyl (C=O) groups is 4. The maximum absolute atomic E-state index is 14.0. The quantitative estimate of drug-likeness (QED) is 0.279. The summed E-state index contributed by atoms with van der Waals surface area (Å²) in [7, 11) is 0. The molecular weight excluding hydrogens is 474 g/mol. The average molecular weight is 520 g/mol. The summed E-state index contributed by atoms with van der Waals surface area (Å²) < 4.78 is 10.3. The van der Waals surface area contributed by atoms with Gasteiger partial charge in [0.05, 0.1) is 13.0 Å². The van der Waals surface area contributed by atoms with Crippen molar-refractivity contribution in [1.29, 1.82) is 0 Å². The Balaban J connectivity index is 3.31. The summed E-state index contributed by atoms with van der Waals surface area (Å²) in [6.45, 7) is 13.4. The van der Waals surface area contributed by atoms with Crippen LogP contribution in [0.2, 0.25) is 0 Å². The van der Waals surface area contributed by atoms with Gasteiger partial charge < -0.3 is 25.0 Å². The van der Waals surface area contributed by atoms with E-state index in [1.807, 2.05) is 32.0 Å². The van der Waals surface area contributed by atoms with Crippen LogP contribution in [0.25, 0.3) is 0 Å². The van der Waals surface area contributed by atoms with Gasteiger partial charge in [0, 0.05) is 13.1 Å². The number of hydrogen-bond donors (Lipinski definition) is 2. The van der Waals surface area contributed by atoms with Crippen LogP contribution < -0.4 is 10.6 Å². The van der Waals surface area contributed by atoms with Crippen LogP contribution in [0.3, 0.4) is 0 Å². The fraction of sp³-hybridized carbons (Fsp3) is 0.643. The number of unbranched alkanes of at least 4 members (excludes halogenated alkanes) is 2. The Morgan fingerprint density at radius 3 is 2.19 bits per heavy atom. The molecule has 0 bridgehead atoms. The summed E-state index contributed by atoms with van der Waals surface area (Å²) in [5.41, 5.74) is -0.0818. The largest absolute Gasteiger partial charge is 0.466 e. The van der Waals surface area contributed by atoms with Gasteiger partial charge in [-0.15, -0.1) is 0 Å². The number of benzene rings is 1. The summed E-state index contributed by atoms with van der Waals surface area (Å²) in [4.78, 5) is 53.3. The standard InChI is InChI=1S/C28H45N3O6/c1-8-10-14-19-31(26(34)23(20(3)4)30-27(35)37-28(5,6)7)24(21-15-12-11-13-16-21)25(33)29-18-17-22(32)36-9-2/h11-13,15-16,20,23-24H,8-10,14,17-19H2,1-7H3,(H,29,33)(H,30,35). The first-order chi connectivity index (χ1) is 17.4. The molecule has 3 amide bonds. The minimum absolute atomic E-state index is 0.0275. The van der Waals surface area contributed by atoms with E-state index in [1.165, 1.54) is 4.90 Å². The molecule has 0 saturated heterocycles. The van der Waals surface area contributed by atoms with E-state index in [-0.39, 0.29) is 31.4 Å². The molecule has 2 atom stereocenters. The number of alkyl carbamates (subject to hydrolysis) is 1. The molecule has 0 heterocycles. The number of hydrogen-bond acceptors (Lipinski definition) is 6. The van der Waals surface area contributed by atoms with Crippen LogP contribution in [0.15, 0.2) is 30.3 Å². The minimum Gasteiger partial charge on any atom is -0.466 e. The van der Waals surface area contributed by atoms with Crippen molar-refractivity contribution in [3.63, 3.8) is 0 Å². The molecule has 0 spiro atoms. The molecule has 0 aliphatic carbocycles. The Morgan fingerprint density at radius 2 is 1.65 bits per heavy atom. The first-order valence-electron chi connectivity index (χ1n) is 13.2. The number of carbonyl (C=O) groups excluding carboxylic acids is 4. The molecule has 1 rings (SSSR count). The van der Waals surface area contributed by atoms with Crippen molar-refractivity contribution in [2.45, 2.75) is 91.8 Å². The second kappa shape index (κ2) is 15.9. The van der Waals surface area contributed by atoms with Gasteiger partial charge in [-0.3, -0.25) is 14.4 Å². The molecule has 0 aliphatic rings. The molecule has 9 heteroatoms. The molecular formula is C28H45N3O6. The van der Waals surface area contributed by atoms with E-state index in [9.17, 15) is 19.2 Å². The van der Waals surface area contributed by atoms with Crippen molar-refractivity contribution < 1.29 is 28.7 Å². The summed E-state index contributed by atoms with van der Waals surface area (Å²) >= 11 is 0. The topological polar surface area (TPSA) is 114 Å². The lowest BCUT2D eigenvalue weighted by Crippen LogP contribution is -2.55. The lowest BCUT2D eigenvalue weighted by Gasteiger charge is -2.35. The molecule has 1 aromatic carbocycles. The zero-order valence-corrected chi connectivity index (χ0v) is 23.5. The maximum atomic E-state index is 14.0. The smallest absolute Gasteiger partial charge is 0.408 e. The molecule has 1 aromatic rings. The number of nitrogens with zero attached hydrogens (tertiary/aromatic N) is 1. The van der Waals surface area contributed by atoms with Gasteiger partial charge >= 0.3 is 12.1 Å². The van der Waals surface area contributed by atoms with Crippen LogP contribution in [0.4, 0.5) is 4.79 Å². The Bertz CT molecular complexity index is 866. The molecule has 9 nitrogen and oxygen atoms in total. The van der Waals surface area contributed by atoms with Crippen LogP contribution in [0.5, 0.6) is 0 Å². The monoisotopic (exact) mass is 519 g/mol.